The van der Waals surface area contributed by atoms with E-state index in [4.69, 9.17) is 0 Å². The highest BCUT2D eigenvalue weighted by Gasteiger charge is 2.26. The molecular formula is C25H27FN6O. The fraction of sp³-hybridized carbons (Fsp3) is 0.360. The third-order valence-electron chi connectivity index (χ3n) is 6.38. The van der Waals surface area contributed by atoms with Crippen molar-refractivity contribution in [2.24, 2.45) is 5.92 Å². The number of nitrogens with zero attached hydrogens (tertiary/aromatic N) is 5. The molecule has 0 spiro atoms. The molecule has 170 valence electrons. The van der Waals surface area contributed by atoms with Gasteiger partial charge in [0.25, 0.3) is 0 Å². The molecule has 8 heteroatoms. The maximum absolute atomic E-state index is 13.5. The van der Waals surface area contributed by atoms with Gasteiger partial charge in [-0.05, 0) is 50.5 Å². The van der Waals surface area contributed by atoms with Crippen molar-refractivity contribution >= 4 is 33.7 Å². The van der Waals surface area contributed by atoms with Crippen molar-refractivity contribution in [3.05, 3.63) is 60.2 Å². The number of anilines is 1. The van der Waals surface area contributed by atoms with Crippen LogP contribution in [0.2, 0.25) is 0 Å². The van der Waals surface area contributed by atoms with Gasteiger partial charge in [0.1, 0.15) is 5.82 Å². The summed E-state index contributed by atoms with van der Waals surface area (Å²) in [6.45, 7) is 4.73. The van der Waals surface area contributed by atoms with Gasteiger partial charge in [0.05, 0.1) is 22.9 Å². The molecule has 0 saturated carbocycles. The molecule has 0 bridgehead atoms. The Hall–Kier alpha value is -3.55. The molecule has 0 unspecified atom stereocenters. The zero-order valence-corrected chi connectivity index (χ0v) is 18.7. The predicted molar refractivity (Wildman–Crippen MR) is 127 cm³/mol. The highest BCUT2D eigenvalue weighted by atomic mass is 19.1. The Morgan fingerprint density at radius 2 is 1.97 bits per heavy atom. The van der Waals surface area contributed by atoms with Crippen LogP contribution in [0, 0.1) is 18.7 Å². The number of hydrogen-bond acceptors (Lipinski definition) is 5. The molecule has 1 aliphatic rings. The third kappa shape index (κ3) is 4.51. The Morgan fingerprint density at radius 3 is 2.82 bits per heavy atom. The lowest BCUT2D eigenvalue weighted by Crippen LogP contribution is -2.41. The predicted octanol–water partition coefficient (Wildman–Crippen LogP) is 3.85. The number of nitrogens with one attached hydrogen (secondary N) is 1. The molecule has 1 saturated heterocycles. The molecule has 33 heavy (non-hydrogen) atoms. The Balaban J connectivity index is 1.11. The molecular weight excluding hydrogens is 419 g/mol. The first kappa shape index (κ1) is 21.3. The molecule has 3 heterocycles. The maximum Gasteiger partial charge on any atom is 0.226 e. The monoisotopic (exact) mass is 446 g/mol. The van der Waals surface area contributed by atoms with Crippen molar-refractivity contribution in [3.8, 4) is 0 Å². The third-order valence-corrected chi connectivity index (χ3v) is 6.38. The largest absolute Gasteiger partial charge is 0.356 e. The molecule has 2 aromatic carbocycles. The highest BCUT2D eigenvalue weighted by molar-refractivity contribution is 5.82. The number of carbonyl (C=O) groups excluding carboxylic acids is 1. The van der Waals surface area contributed by atoms with Crippen molar-refractivity contribution in [1.82, 2.24) is 25.1 Å². The smallest absolute Gasteiger partial charge is 0.226 e. The number of rotatable bonds is 6. The second-order valence-electron chi connectivity index (χ2n) is 8.60. The van der Waals surface area contributed by atoms with Crippen molar-refractivity contribution < 1.29 is 9.18 Å². The number of benzene rings is 2. The summed E-state index contributed by atoms with van der Waals surface area (Å²) in [6.07, 6.45) is 4.24. The topological polar surface area (TPSA) is 75.9 Å². The van der Waals surface area contributed by atoms with Crippen LogP contribution in [-0.4, -0.2) is 45.3 Å². The number of halogens is 1. The fourth-order valence-corrected chi connectivity index (χ4v) is 4.51. The molecule has 4 aromatic rings. The summed E-state index contributed by atoms with van der Waals surface area (Å²) in [4.78, 5) is 24.0. The van der Waals surface area contributed by atoms with Crippen LogP contribution in [0.1, 0.15) is 25.0 Å². The van der Waals surface area contributed by atoms with E-state index in [9.17, 15) is 9.18 Å². The highest BCUT2D eigenvalue weighted by Crippen LogP contribution is 2.24. The summed E-state index contributed by atoms with van der Waals surface area (Å²) >= 11 is 0. The zero-order valence-electron chi connectivity index (χ0n) is 18.7. The first-order valence-electron chi connectivity index (χ1n) is 11.5. The summed E-state index contributed by atoms with van der Waals surface area (Å²) in [6, 6.07) is 12.7. The van der Waals surface area contributed by atoms with Crippen molar-refractivity contribution in [2.75, 3.05) is 24.5 Å². The second-order valence-corrected chi connectivity index (χ2v) is 8.60. The van der Waals surface area contributed by atoms with E-state index in [0.717, 1.165) is 66.4 Å². The molecule has 0 aliphatic carbocycles. The summed E-state index contributed by atoms with van der Waals surface area (Å²) in [5, 5.41) is 9.39. The molecule has 7 nitrogen and oxygen atoms in total. The summed E-state index contributed by atoms with van der Waals surface area (Å²) in [5.74, 6) is 0.483. The van der Waals surface area contributed by atoms with Crippen LogP contribution in [0.15, 0.2) is 48.7 Å². The van der Waals surface area contributed by atoms with E-state index < -0.39 is 0 Å². The van der Waals surface area contributed by atoms with Crippen LogP contribution < -0.4 is 10.2 Å². The lowest BCUT2D eigenvalue weighted by Gasteiger charge is -2.31. The Bertz CT molecular complexity index is 1290. The average Bonchev–Trinajstić information content (AvgIpc) is 3.25. The first-order valence-corrected chi connectivity index (χ1v) is 11.5. The number of hydrogen-bond donors (Lipinski definition) is 1. The van der Waals surface area contributed by atoms with Gasteiger partial charge in [0.2, 0.25) is 11.9 Å². The van der Waals surface area contributed by atoms with Gasteiger partial charge in [-0.15, -0.1) is 0 Å². The molecule has 1 fully saturated rings. The van der Waals surface area contributed by atoms with E-state index in [1.807, 2.05) is 29.9 Å². The van der Waals surface area contributed by atoms with Crippen LogP contribution in [-0.2, 0) is 11.3 Å². The van der Waals surface area contributed by atoms with Crippen LogP contribution in [0.5, 0.6) is 0 Å². The van der Waals surface area contributed by atoms with Crippen molar-refractivity contribution in [2.45, 2.75) is 32.7 Å². The zero-order chi connectivity index (χ0) is 22.8. The molecule has 1 amide bonds. The molecule has 1 aliphatic heterocycles. The summed E-state index contributed by atoms with van der Waals surface area (Å²) in [5.41, 5.74) is 2.62. The first-order chi connectivity index (χ1) is 16.1. The molecule has 5 rings (SSSR count). The number of piperidine rings is 1. The van der Waals surface area contributed by atoms with E-state index in [1.54, 1.807) is 6.07 Å². The van der Waals surface area contributed by atoms with Crippen molar-refractivity contribution in [3.63, 3.8) is 0 Å². The van der Waals surface area contributed by atoms with Gasteiger partial charge >= 0.3 is 0 Å². The lowest BCUT2D eigenvalue weighted by molar-refractivity contribution is -0.125. The SMILES string of the molecule is Cc1nc(N2CCC(C(=O)NCCCn3ncc4ccccc43)CC2)nc2ccc(F)cc12. The Labute approximate surface area is 191 Å². The lowest BCUT2D eigenvalue weighted by atomic mass is 9.96. The fourth-order valence-electron chi connectivity index (χ4n) is 4.51. The molecule has 1 N–H and O–H groups in total. The Morgan fingerprint density at radius 1 is 1.15 bits per heavy atom. The Kier molecular flexibility index (Phi) is 5.90. The van der Waals surface area contributed by atoms with Crippen molar-refractivity contribution in [1.29, 1.82) is 0 Å². The van der Waals surface area contributed by atoms with Gasteiger partial charge in [-0.2, -0.15) is 5.10 Å². The summed E-state index contributed by atoms with van der Waals surface area (Å²) < 4.78 is 15.5. The normalized spacial score (nSPS) is 14.8. The van der Waals surface area contributed by atoms with E-state index >= 15 is 0 Å². The van der Waals surface area contributed by atoms with Gasteiger partial charge in [0, 0.05) is 42.9 Å². The molecule has 0 radical (unpaired) electrons. The second kappa shape index (κ2) is 9.13. The molecule has 2 aromatic heterocycles. The van der Waals surface area contributed by atoms with E-state index in [1.165, 1.54) is 12.1 Å². The quantitative estimate of drug-likeness (QED) is 0.456. The minimum atomic E-state index is -0.285. The van der Waals surface area contributed by atoms with E-state index in [-0.39, 0.29) is 17.6 Å². The minimum absolute atomic E-state index is 0.00225. The minimum Gasteiger partial charge on any atom is -0.356 e. The number of aryl methyl sites for hydroxylation is 2. The van der Waals surface area contributed by atoms with Gasteiger partial charge in [-0.1, -0.05) is 18.2 Å². The number of para-hydroxylation sites is 1. The van der Waals surface area contributed by atoms with E-state index in [0.29, 0.717) is 12.5 Å². The number of amides is 1. The van der Waals surface area contributed by atoms with Gasteiger partial charge in [-0.25, -0.2) is 14.4 Å². The molecule has 0 atom stereocenters. The van der Waals surface area contributed by atoms with Gasteiger partial charge in [-0.3, -0.25) is 9.48 Å². The van der Waals surface area contributed by atoms with Crippen LogP contribution in [0.3, 0.4) is 0 Å². The van der Waals surface area contributed by atoms with Crippen LogP contribution in [0.25, 0.3) is 21.8 Å². The average molecular weight is 447 g/mol. The van der Waals surface area contributed by atoms with Gasteiger partial charge < -0.3 is 10.2 Å². The van der Waals surface area contributed by atoms with Crippen LogP contribution >= 0.6 is 0 Å². The standard InChI is InChI=1S/C25H27FN6O/c1-17-21-15-20(26)7-8-22(21)30-25(29-17)31-13-9-18(10-14-31)24(33)27-11-4-12-32-23-6-3-2-5-19(23)16-28-32/h2-3,5-8,15-16,18H,4,9-14H2,1H3,(H,27,33). The summed E-state index contributed by atoms with van der Waals surface area (Å²) in [7, 11) is 0. The number of carbonyl (C=O) groups is 1. The number of fused-ring (bicyclic) bond motifs is 2. The van der Waals surface area contributed by atoms with Gasteiger partial charge in [0.15, 0.2) is 0 Å². The maximum atomic E-state index is 13.5. The van der Waals surface area contributed by atoms with Crippen LogP contribution in [0.4, 0.5) is 10.3 Å². The number of aromatic nitrogens is 4. The van der Waals surface area contributed by atoms with E-state index in [2.05, 4.69) is 37.4 Å².